The van der Waals surface area contributed by atoms with Gasteiger partial charge in [0.1, 0.15) is 11.5 Å². The van der Waals surface area contributed by atoms with E-state index in [-0.39, 0.29) is 19.0 Å². The molecule has 0 aliphatic carbocycles. The molecule has 0 amide bonds. The quantitative estimate of drug-likeness (QED) is 0.660. The average molecular weight is 267 g/mol. The van der Waals surface area contributed by atoms with E-state index in [0.717, 1.165) is 0 Å². The maximum Gasteiger partial charge on any atom is 0.284 e. The molecule has 0 aliphatic rings. The Hall–Kier alpha value is -0.630. The smallest absolute Gasteiger partial charge is 0.284 e. The summed E-state index contributed by atoms with van der Waals surface area (Å²) in [6, 6.07) is 2.92. The first-order valence-electron chi connectivity index (χ1n) is 5.08. The summed E-state index contributed by atoms with van der Waals surface area (Å²) < 4.78 is 29.1. The first-order valence-corrected chi connectivity index (χ1v) is 6.13. The lowest BCUT2D eigenvalue weighted by molar-refractivity contribution is 0.168. The molecular weight excluding hydrogens is 252 g/mol. The van der Waals surface area contributed by atoms with Crippen LogP contribution in [0.25, 0.3) is 0 Å². The normalized spacial score (nSPS) is 11.6. The molecule has 0 aliphatic heterocycles. The minimum atomic E-state index is -2.41. The molecule has 0 fully saturated rings. The van der Waals surface area contributed by atoms with Gasteiger partial charge in [0.15, 0.2) is 0 Å². The van der Waals surface area contributed by atoms with Gasteiger partial charge in [-0.15, -0.1) is 0 Å². The standard InChI is InChI=1S/C10H15F2NO3S/c11-10(12)17-6-9-2-1-8(16-9)3-13-7(4-14)5-15/h1-2,7,10,13-15H,3-6H2. The van der Waals surface area contributed by atoms with E-state index in [9.17, 15) is 8.78 Å². The van der Waals surface area contributed by atoms with Crippen LogP contribution >= 0.6 is 11.8 Å². The second kappa shape index (κ2) is 7.65. The number of hydrogen-bond donors (Lipinski definition) is 3. The Morgan fingerprint density at radius 1 is 1.24 bits per heavy atom. The van der Waals surface area contributed by atoms with Gasteiger partial charge in [-0.25, -0.2) is 0 Å². The van der Waals surface area contributed by atoms with Crippen molar-refractivity contribution in [3.05, 3.63) is 23.7 Å². The van der Waals surface area contributed by atoms with Crippen LogP contribution in [0.2, 0.25) is 0 Å². The van der Waals surface area contributed by atoms with Crippen molar-refractivity contribution in [2.75, 3.05) is 13.2 Å². The van der Waals surface area contributed by atoms with Crippen LogP contribution < -0.4 is 5.32 Å². The average Bonchev–Trinajstić information content (AvgIpc) is 2.76. The Labute approximate surface area is 102 Å². The highest BCUT2D eigenvalue weighted by molar-refractivity contribution is 7.98. The number of thioether (sulfide) groups is 1. The van der Waals surface area contributed by atoms with E-state index in [1.54, 1.807) is 12.1 Å². The van der Waals surface area contributed by atoms with Gasteiger partial charge in [-0.1, -0.05) is 11.8 Å². The number of nitrogens with one attached hydrogen (secondary N) is 1. The molecule has 0 saturated carbocycles. The lowest BCUT2D eigenvalue weighted by atomic mass is 10.3. The van der Waals surface area contributed by atoms with E-state index >= 15 is 0 Å². The van der Waals surface area contributed by atoms with E-state index in [1.165, 1.54) is 0 Å². The molecular formula is C10H15F2NO3S. The number of rotatable bonds is 8. The van der Waals surface area contributed by atoms with Crippen LogP contribution in [0.1, 0.15) is 11.5 Å². The summed E-state index contributed by atoms with van der Waals surface area (Å²) in [5.41, 5.74) is 0. The highest BCUT2D eigenvalue weighted by atomic mass is 32.2. The summed E-state index contributed by atoms with van der Waals surface area (Å²) in [7, 11) is 0. The third kappa shape index (κ3) is 5.49. The Morgan fingerprint density at radius 3 is 2.47 bits per heavy atom. The minimum absolute atomic E-state index is 0.126. The molecule has 1 aromatic rings. The lowest BCUT2D eigenvalue weighted by Crippen LogP contribution is -2.35. The number of alkyl halides is 2. The number of aliphatic hydroxyl groups excluding tert-OH is 2. The third-order valence-electron chi connectivity index (χ3n) is 2.07. The van der Waals surface area contributed by atoms with Gasteiger partial charge in [0.2, 0.25) is 0 Å². The monoisotopic (exact) mass is 267 g/mol. The molecule has 4 nitrogen and oxygen atoms in total. The molecule has 0 saturated heterocycles. The van der Waals surface area contributed by atoms with Gasteiger partial charge in [0.25, 0.3) is 5.76 Å². The van der Waals surface area contributed by atoms with E-state index in [0.29, 0.717) is 29.8 Å². The molecule has 7 heteroatoms. The van der Waals surface area contributed by atoms with E-state index in [1.807, 2.05) is 0 Å². The predicted molar refractivity (Wildman–Crippen MR) is 60.8 cm³/mol. The van der Waals surface area contributed by atoms with Gasteiger partial charge in [-0.3, -0.25) is 0 Å². The molecule has 0 spiro atoms. The second-order valence-electron chi connectivity index (χ2n) is 3.38. The van der Waals surface area contributed by atoms with Crippen molar-refractivity contribution in [3.63, 3.8) is 0 Å². The summed E-state index contributed by atoms with van der Waals surface area (Å²) in [5, 5.41) is 20.5. The molecule has 0 radical (unpaired) electrons. The molecule has 0 unspecified atom stereocenters. The van der Waals surface area contributed by atoms with Crippen LogP contribution in [0.5, 0.6) is 0 Å². The fourth-order valence-electron chi connectivity index (χ4n) is 1.17. The fourth-order valence-corrected chi connectivity index (χ4v) is 1.62. The summed E-state index contributed by atoms with van der Waals surface area (Å²) in [6.07, 6.45) is 0. The van der Waals surface area contributed by atoms with Crippen molar-refractivity contribution in [3.8, 4) is 0 Å². The third-order valence-corrected chi connectivity index (χ3v) is 2.78. The Kier molecular flexibility index (Phi) is 6.49. The highest BCUT2D eigenvalue weighted by Crippen LogP contribution is 2.21. The van der Waals surface area contributed by atoms with Crippen LogP contribution in [-0.4, -0.2) is 35.2 Å². The Bertz CT molecular complexity index is 318. The zero-order valence-corrected chi connectivity index (χ0v) is 9.92. The van der Waals surface area contributed by atoms with Crippen molar-refractivity contribution >= 4 is 11.8 Å². The van der Waals surface area contributed by atoms with Gasteiger partial charge in [0.05, 0.1) is 31.6 Å². The van der Waals surface area contributed by atoms with E-state index in [4.69, 9.17) is 14.6 Å². The molecule has 1 heterocycles. The minimum Gasteiger partial charge on any atom is -0.464 e. The van der Waals surface area contributed by atoms with Gasteiger partial charge in [-0.05, 0) is 12.1 Å². The maximum absolute atomic E-state index is 11.9. The van der Waals surface area contributed by atoms with Crippen molar-refractivity contribution < 1.29 is 23.4 Å². The number of aliphatic hydroxyl groups is 2. The molecule has 98 valence electrons. The highest BCUT2D eigenvalue weighted by Gasteiger charge is 2.09. The molecule has 3 N–H and O–H groups in total. The van der Waals surface area contributed by atoms with E-state index in [2.05, 4.69) is 5.32 Å². The number of halogens is 2. The first-order chi connectivity index (χ1) is 8.15. The zero-order chi connectivity index (χ0) is 12.7. The zero-order valence-electron chi connectivity index (χ0n) is 9.10. The number of furan rings is 1. The van der Waals surface area contributed by atoms with E-state index < -0.39 is 11.8 Å². The van der Waals surface area contributed by atoms with Crippen molar-refractivity contribution in [1.29, 1.82) is 0 Å². The molecule has 17 heavy (non-hydrogen) atoms. The summed E-state index contributed by atoms with van der Waals surface area (Å²) in [5.74, 6) is -1.21. The van der Waals surface area contributed by atoms with Crippen LogP contribution in [-0.2, 0) is 12.3 Å². The largest absolute Gasteiger partial charge is 0.464 e. The maximum atomic E-state index is 11.9. The van der Waals surface area contributed by atoms with Crippen molar-refractivity contribution in [2.24, 2.45) is 0 Å². The van der Waals surface area contributed by atoms with Gasteiger partial charge in [-0.2, -0.15) is 8.78 Å². The van der Waals surface area contributed by atoms with Gasteiger partial charge < -0.3 is 19.9 Å². The van der Waals surface area contributed by atoms with Crippen molar-refractivity contribution in [2.45, 2.75) is 24.1 Å². The predicted octanol–water partition coefficient (Wildman–Crippen LogP) is 1.18. The second-order valence-corrected chi connectivity index (χ2v) is 4.36. The summed E-state index contributed by atoms with van der Waals surface area (Å²) in [4.78, 5) is 0. The van der Waals surface area contributed by atoms with Crippen LogP contribution in [0.15, 0.2) is 16.5 Å². The van der Waals surface area contributed by atoms with Crippen LogP contribution in [0.3, 0.4) is 0 Å². The Balaban J connectivity index is 2.35. The molecule has 0 atom stereocenters. The fraction of sp³-hybridized carbons (Fsp3) is 0.600. The number of hydrogen-bond acceptors (Lipinski definition) is 5. The van der Waals surface area contributed by atoms with Gasteiger partial charge in [0, 0.05) is 0 Å². The summed E-state index contributed by atoms with van der Waals surface area (Å²) >= 11 is 0.504. The SMILES string of the molecule is OCC(CO)NCc1ccc(CSC(F)F)o1. The first kappa shape index (κ1) is 14.4. The Morgan fingerprint density at radius 2 is 1.88 bits per heavy atom. The molecule has 1 rings (SSSR count). The summed E-state index contributed by atoms with van der Waals surface area (Å²) in [6.45, 7) is -0.0122. The lowest BCUT2D eigenvalue weighted by Gasteiger charge is -2.11. The van der Waals surface area contributed by atoms with Crippen LogP contribution in [0.4, 0.5) is 8.78 Å². The van der Waals surface area contributed by atoms with Gasteiger partial charge >= 0.3 is 0 Å². The molecule has 0 bridgehead atoms. The van der Waals surface area contributed by atoms with Crippen LogP contribution in [0, 0.1) is 0 Å². The molecule has 0 aromatic carbocycles. The van der Waals surface area contributed by atoms with Crippen molar-refractivity contribution in [1.82, 2.24) is 5.32 Å². The molecule has 1 aromatic heterocycles. The topological polar surface area (TPSA) is 65.6 Å².